The SMILES string of the molecule is CNCCC(=O)N1CCN(S(=O)(=O)c2ccccc2[N+](=O)[O-])CC1. The highest BCUT2D eigenvalue weighted by atomic mass is 32.2. The van der Waals surface area contributed by atoms with E-state index in [0.717, 1.165) is 0 Å². The average Bonchev–Trinajstić information content (AvgIpc) is 2.59. The molecule has 1 heterocycles. The second kappa shape index (κ2) is 7.69. The van der Waals surface area contributed by atoms with E-state index in [-0.39, 0.29) is 37.0 Å². The van der Waals surface area contributed by atoms with E-state index >= 15 is 0 Å². The molecule has 0 unspecified atom stereocenters. The number of carbonyl (C=O) groups excluding carboxylic acids is 1. The molecular formula is C14H20N4O5S. The second-order valence-electron chi connectivity index (χ2n) is 5.36. The molecule has 0 saturated carbocycles. The molecule has 2 rings (SSSR count). The third-order valence-corrected chi connectivity index (χ3v) is 5.81. The summed E-state index contributed by atoms with van der Waals surface area (Å²) in [5, 5.41) is 13.9. The quantitative estimate of drug-likeness (QED) is 0.569. The number of carbonyl (C=O) groups is 1. The van der Waals surface area contributed by atoms with Gasteiger partial charge >= 0.3 is 0 Å². The monoisotopic (exact) mass is 356 g/mol. The van der Waals surface area contributed by atoms with E-state index in [1.165, 1.54) is 28.6 Å². The first-order valence-electron chi connectivity index (χ1n) is 7.54. The fraction of sp³-hybridized carbons (Fsp3) is 0.500. The summed E-state index contributed by atoms with van der Waals surface area (Å²) in [6.45, 7) is 1.37. The number of nitro benzene ring substituents is 1. The Morgan fingerprint density at radius 3 is 2.46 bits per heavy atom. The predicted octanol–water partition coefficient (Wildman–Crippen LogP) is 0.0372. The van der Waals surface area contributed by atoms with Crippen LogP contribution in [0.1, 0.15) is 6.42 Å². The number of sulfonamides is 1. The molecule has 0 atom stereocenters. The van der Waals surface area contributed by atoms with Crippen molar-refractivity contribution >= 4 is 21.6 Å². The maximum absolute atomic E-state index is 12.7. The van der Waals surface area contributed by atoms with E-state index in [4.69, 9.17) is 0 Å². The van der Waals surface area contributed by atoms with Gasteiger partial charge in [0.1, 0.15) is 0 Å². The van der Waals surface area contributed by atoms with Crippen LogP contribution in [-0.4, -0.2) is 68.2 Å². The molecule has 0 aromatic heterocycles. The highest BCUT2D eigenvalue weighted by Crippen LogP contribution is 2.26. The molecular weight excluding hydrogens is 336 g/mol. The molecule has 1 saturated heterocycles. The van der Waals surface area contributed by atoms with Gasteiger partial charge in [-0.15, -0.1) is 0 Å². The zero-order valence-electron chi connectivity index (χ0n) is 13.3. The van der Waals surface area contributed by atoms with Crippen LogP contribution in [0, 0.1) is 10.1 Å². The van der Waals surface area contributed by atoms with Crippen molar-refractivity contribution in [2.75, 3.05) is 39.8 Å². The van der Waals surface area contributed by atoms with Crippen molar-refractivity contribution in [1.82, 2.24) is 14.5 Å². The molecule has 1 aliphatic rings. The third kappa shape index (κ3) is 3.89. The lowest BCUT2D eigenvalue weighted by atomic mass is 10.3. The van der Waals surface area contributed by atoms with Gasteiger partial charge in [-0.3, -0.25) is 14.9 Å². The van der Waals surface area contributed by atoms with Gasteiger partial charge in [0.15, 0.2) is 4.90 Å². The average molecular weight is 356 g/mol. The van der Waals surface area contributed by atoms with Gasteiger partial charge in [-0.2, -0.15) is 4.31 Å². The van der Waals surface area contributed by atoms with Crippen LogP contribution < -0.4 is 5.32 Å². The van der Waals surface area contributed by atoms with Crippen LogP contribution in [0.4, 0.5) is 5.69 Å². The van der Waals surface area contributed by atoms with E-state index in [9.17, 15) is 23.3 Å². The van der Waals surface area contributed by atoms with E-state index in [2.05, 4.69) is 5.32 Å². The number of piperazine rings is 1. The van der Waals surface area contributed by atoms with E-state index in [0.29, 0.717) is 13.0 Å². The lowest BCUT2D eigenvalue weighted by Crippen LogP contribution is -2.50. The van der Waals surface area contributed by atoms with Crippen molar-refractivity contribution in [2.45, 2.75) is 11.3 Å². The van der Waals surface area contributed by atoms with Crippen LogP contribution in [-0.2, 0) is 14.8 Å². The third-order valence-electron chi connectivity index (χ3n) is 3.86. The maximum atomic E-state index is 12.7. The smallest absolute Gasteiger partial charge is 0.289 e. The molecule has 1 aliphatic heterocycles. The van der Waals surface area contributed by atoms with Crippen molar-refractivity contribution in [1.29, 1.82) is 0 Å². The first-order valence-corrected chi connectivity index (χ1v) is 8.98. The van der Waals surface area contributed by atoms with Gasteiger partial charge < -0.3 is 10.2 Å². The molecule has 0 aliphatic carbocycles. The van der Waals surface area contributed by atoms with Crippen molar-refractivity contribution in [3.05, 3.63) is 34.4 Å². The highest BCUT2D eigenvalue weighted by molar-refractivity contribution is 7.89. The van der Waals surface area contributed by atoms with Gasteiger partial charge in [0.2, 0.25) is 15.9 Å². The lowest BCUT2D eigenvalue weighted by Gasteiger charge is -2.34. The number of amides is 1. The maximum Gasteiger partial charge on any atom is 0.289 e. The van der Waals surface area contributed by atoms with Gasteiger partial charge in [0, 0.05) is 45.2 Å². The summed E-state index contributed by atoms with van der Waals surface area (Å²) in [5.41, 5.74) is -0.440. The van der Waals surface area contributed by atoms with Gasteiger partial charge in [0.25, 0.3) is 5.69 Å². The lowest BCUT2D eigenvalue weighted by molar-refractivity contribution is -0.387. The Labute approximate surface area is 140 Å². The zero-order valence-corrected chi connectivity index (χ0v) is 14.2. The minimum atomic E-state index is -3.96. The molecule has 1 amide bonds. The molecule has 0 radical (unpaired) electrons. The number of nitro groups is 1. The second-order valence-corrected chi connectivity index (χ2v) is 7.27. The standard InChI is InChI=1S/C14H20N4O5S/c1-15-7-6-14(19)16-8-10-17(11-9-16)24(22,23)13-5-3-2-4-12(13)18(20)21/h2-5,15H,6-11H2,1H3. The topological polar surface area (TPSA) is 113 Å². The number of hydrogen-bond donors (Lipinski definition) is 1. The molecule has 1 N–H and O–H groups in total. The van der Waals surface area contributed by atoms with Crippen molar-refractivity contribution in [2.24, 2.45) is 0 Å². The van der Waals surface area contributed by atoms with Crippen molar-refractivity contribution in [3.8, 4) is 0 Å². The summed E-state index contributed by atoms with van der Waals surface area (Å²) >= 11 is 0. The summed E-state index contributed by atoms with van der Waals surface area (Å²) in [6.07, 6.45) is 0.355. The Hall–Kier alpha value is -2.04. The van der Waals surface area contributed by atoms with Crippen LogP contribution in [0.2, 0.25) is 0 Å². The van der Waals surface area contributed by atoms with Crippen molar-refractivity contribution < 1.29 is 18.1 Å². The van der Waals surface area contributed by atoms with Gasteiger partial charge in [-0.05, 0) is 13.1 Å². The molecule has 0 bridgehead atoms. The van der Waals surface area contributed by atoms with Gasteiger partial charge in [-0.1, -0.05) is 12.1 Å². The molecule has 10 heteroatoms. The number of hydrogen-bond acceptors (Lipinski definition) is 6. The minimum absolute atomic E-state index is 0.0351. The first kappa shape index (κ1) is 18.3. The number of benzene rings is 1. The van der Waals surface area contributed by atoms with E-state index < -0.39 is 20.6 Å². The fourth-order valence-corrected chi connectivity index (χ4v) is 4.11. The Morgan fingerprint density at radius 1 is 1.25 bits per heavy atom. The van der Waals surface area contributed by atoms with Crippen LogP contribution in [0.5, 0.6) is 0 Å². The minimum Gasteiger partial charge on any atom is -0.340 e. The van der Waals surface area contributed by atoms with Gasteiger partial charge in [0.05, 0.1) is 4.92 Å². The van der Waals surface area contributed by atoms with Crippen LogP contribution >= 0.6 is 0 Å². The van der Waals surface area contributed by atoms with Crippen molar-refractivity contribution in [3.63, 3.8) is 0 Å². The molecule has 24 heavy (non-hydrogen) atoms. The van der Waals surface area contributed by atoms with Crippen LogP contribution in [0.3, 0.4) is 0 Å². The number of nitrogens with one attached hydrogen (secondary N) is 1. The molecule has 1 aromatic rings. The Bertz CT molecular complexity index is 714. The highest BCUT2D eigenvalue weighted by Gasteiger charge is 2.34. The Kier molecular flexibility index (Phi) is 5.86. The molecule has 1 aromatic carbocycles. The van der Waals surface area contributed by atoms with Crippen LogP contribution in [0.15, 0.2) is 29.2 Å². The largest absolute Gasteiger partial charge is 0.340 e. The number of rotatable bonds is 6. The molecule has 0 spiro atoms. The Morgan fingerprint density at radius 2 is 1.88 bits per heavy atom. The molecule has 9 nitrogen and oxygen atoms in total. The summed E-state index contributed by atoms with van der Waals surface area (Å²) in [6, 6.07) is 5.29. The van der Waals surface area contributed by atoms with E-state index in [1.54, 1.807) is 11.9 Å². The summed E-state index contributed by atoms with van der Waals surface area (Å²) in [4.78, 5) is 23.6. The van der Waals surface area contributed by atoms with E-state index in [1.807, 2.05) is 0 Å². The summed E-state index contributed by atoms with van der Waals surface area (Å²) in [5.74, 6) is -0.0351. The Balaban J connectivity index is 2.11. The zero-order chi connectivity index (χ0) is 17.7. The van der Waals surface area contributed by atoms with Crippen LogP contribution in [0.25, 0.3) is 0 Å². The predicted molar refractivity (Wildman–Crippen MR) is 87.0 cm³/mol. The normalized spacial score (nSPS) is 16.1. The summed E-state index contributed by atoms with van der Waals surface area (Å²) < 4.78 is 26.5. The van der Waals surface area contributed by atoms with Gasteiger partial charge in [-0.25, -0.2) is 8.42 Å². The molecule has 132 valence electrons. The molecule has 1 fully saturated rings. The fourth-order valence-electron chi connectivity index (χ4n) is 2.53. The number of para-hydroxylation sites is 1. The first-order chi connectivity index (χ1) is 11.4. The number of nitrogens with zero attached hydrogens (tertiary/aromatic N) is 3. The summed E-state index contributed by atoms with van der Waals surface area (Å²) in [7, 11) is -2.21.